The normalized spacial score (nSPS) is 19.2. The standard InChI is InChI=1S/C19H23N5O/c1-13-11-14(2)21-17(20-13)12-24-9-7-19(8-10-24)18(25)22-15-5-3-4-6-16(15)23-19/h3-6,11,23H,7-10,12H2,1-2H3,(H,22,25). The number of carbonyl (C=O) groups is 1. The molecule has 1 fully saturated rings. The number of aryl methyl sites for hydroxylation is 2. The highest BCUT2D eigenvalue weighted by molar-refractivity contribution is 6.06. The van der Waals surface area contributed by atoms with Crippen LogP contribution >= 0.6 is 0 Å². The van der Waals surface area contributed by atoms with Gasteiger partial charge in [0.2, 0.25) is 5.91 Å². The highest BCUT2D eigenvalue weighted by atomic mass is 16.2. The Labute approximate surface area is 147 Å². The number of nitrogens with zero attached hydrogens (tertiary/aromatic N) is 3. The number of hydrogen-bond acceptors (Lipinski definition) is 5. The molecule has 1 amide bonds. The van der Waals surface area contributed by atoms with Gasteiger partial charge in [-0.3, -0.25) is 9.69 Å². The quantitative estimate of drug-likeness (QED) is 0.881. The maximum Gasteiger partial charge on any atom is 0.250 e. The first kappa shape index (κ1) is 16.0. The van der Waals surface area contributed by atoms with E-state index in [0.29, 0.717) is 0 Å². The average molecular weight is 337 g/mol. The Bertz CT molecular complexity index is 791. The van der Waals surface area contributed by atoms with Gasteiger partial charge in [0.15, 0.2) is 0 Å². The first-order chi connectivity index (χ1) is 12.0. The van der Waals surface area contributed by atoms with Gasteiger partial charge in [0.25, 0.3) is 0 Å². The number of anilines is 2. The summed E-state index contributed by atoms with van der Waals surface area (Å²) in [5, 5.41) is 6.55. The Kier molecular flexibility index (Phi) is 3.92. The van der Waals surface area contributed by atoms with Crippen LogP contribution in [0.15, 0.2) is 30.3 Å². The molecule has 6 nitrogen and oxygen atoms in total. The number of benzene rings is 1. The van der Waals surface area contributed by atoms with Crippen molar-refractivity contribution < 1.29 is 4.79 Å². The molecule has 130 valence electrons. The summed E-state index contributed by atoms with van der Waals surface area (Å²) in [6.07, 6.45) is 1.55. The second kappa shape index (κ2) is 6.11. The lowest BCUT2D eigenvalue weighted by atomic mass is 9.84. The third-order valence-electron chi connectivity index (χ3n) is 5.09. The minimum Gasteiger partial charge on any atom is -0.369 e. The van der Waals surface area contributed by atoms with Crippen molar-refractivity contribution in [3.8, 4) is 0 Å². The maximum atomic E-state index is 12.7. The summed E-state index contributed by atoms with van der Waals surface area (Å²) in [6, 6.07) is 9.86. The third kappa shape index (κ3) is 3.09. The summed E-state index contributed by atoms with van der Waals surface area (Å²) in [5.41, 5.74) is 3.37. The molecule has 25 heavy (non-hydrogen) atoms. The number of rotatable bonds is 2. The zero-order valence-electron chi connectivity index (χ0n) is 14.7. The van der Waals surface area contributed by atoms with Crippen LogP contribution in [0, 0.1) is 13.8 Å². The second-order valence-electron chi connectivity index (χ2n) is 7.05. The summed E-state index contributed by atoms with van der Waals surface area (Å²) in [5.74, 6) is 0.938. The molecule has 0 bridgehead atoms. The molecule has 0 aliphatic carbocycles. The highest BCUT2D eigenvalue weighted by Crippen LogP contribution is 2.36. The zero-order valence-corrected chi connectivity index (χ0v) is 14.7. The van der Waals surface area contributed by atoms with Crippen LogP contribution in [0.1, 0.15) is 30.1 Å². The van der Waals surface area contributed by atoms with E-state index < -0.39 is 5.54 Å². The molecule has 2 aliphatic rings. The molecule has 1 saturated heterocycles. The van der Waals surface area contributed by atoms with E-state index >= 15 is 0 Å². The summed E-state index contributed by atoms with van der Waals surface area (Å²) >= 11 is 0. The third-order valence-corrected chi connectivity index (χ3v) is 5.09. The Balaban J connectivity index is 1.45. The molecule has 1 spiro atoms. The van der Waals surface area contributed by atoms with Crippen LogP contribution in [0.2, 0.25) is 0 Å². The van der Waals surface area contributed by atoms with Crippen molar-refractivity contribution in [3.05, 3.63) is 47.5 Å². The van der Waals surface area contributed by atoms with Crippen molar-refractivity contribution in [2.24, 2.45) is 0 Å². The molecule has 0 atom stereocenters. The molecule has 6 heteroatoms. The molecule has 2 aromatic rings. The maximum absolute atomic E-state index is 12.7. The second-order valence-corrected chi connectivity index (χ2v) is 7.05. The number of nitrogens with one attached hydrogen (secondary N) is 2. The lowest BCUT2D eigenvalue weighted by Crippen LogP contribution is -2.58. The van der Waals surface area contributed by atoms with Crippen molar-refractivity contribution in [3.63, 3.8) is 0 Å². The predicted molar refractivity (Wildman–Crippen MR) is 97.4 cm³/mol. The van der Waals surface area contributed by atoms with Crippen LogP contribution in [0.3, 0.4) is 0 Å². The predicted octanol–water partition coefficient (Wildman–Crippen LogP) is 2.49. The molecule has 1 aromatic heterocycles. The van der Waals surface area contributed by atoms with E-state index in [2.05, 4.69) is 25.5 Å². The zero-order chi connectivity index (χ0) is 17.4. The lowest BCUT2D eigenvalue weighted by Gasteiger charge is -2.44. The van der Waals surface area contributed by atoms with E-state index in [-0.39, 0.29) is 5.91 Å². The van der Waals surface area contributed by atoms with Gasteiger partial charge in [-0.25, -0.2) is 9.97 Å². The number of hydrogen-bond donors (Lipinski definition) is 2. The topological polar surface area (TPSA) is 70.2 Å². The summed E-state index contributed by atoms with van der Waals surface area (Å²) in [4.78, 5) is 24.1. The Hall–Kier alpha value is -2.47. The number of fused-ring (bicyclic) bond motifs is 1. The van der Waals surface area contributed by atoms with Gasteiger partial charge in [0.1, 0.15) is 11.4 Å². The van der Waals surface area contributed by atoms with Gasteiger partial charge >= 0.3 is 0 Å². The monoisotopic (exact) mass is 337 g/mol. The fourth-order valence-corrected chi connectivity index (χ4v) is 3.77. The van der Waals surface area contributed by atoms with Crippen LogP contribution in [0.25, 0.3) is 0 Å². The van der Waals surface area contributed by atoms with Gasteiger partial charge in [-0.15, -0.1) is 0 Å². The van der Waals surface area contributed by atoms with Crippen LogP contribution in [-0.2, 0) is 11.3 Å². The summed E-state index contributed by atoms with van der Waals surface area (Å²) < 4.78 is 0. The molecular weight excluding hydrogens is 314 g/mol. The Morgan fingerprint density at radius 2 is 1.72 bits per heavy atom. The highest BCUT2D eigenvalue weighted by Gasteiger charge is 2.44. The molecule has 2 N–H and O–H groups in total. The number of amides is 1. The molecular formula is C19H23N5O. The summed E-state index contributed by atoms with van der Waals surface area (Å²) in [7, 11) is 0. The van der Waals surface area contributed by atoms with Gasteiger partial charge in [-0.1, -0.05) is 12.1 Å². The summed E-state index contributed by atoms with van der Waals surface area (Å²) in [6.45, 7) is 6.42. The van der Waals surface area contributed by atoms with E-state index in [0.717, 1.165) is 61.1 Å². The number of carbonyl (C=O) groups excluding carboxylic acids is 1. The van der Waals surface area contributed by atoms with E-state index in [1.807, 2.05) is 44.2 Å². The Morgan fingerprint density at radius 1 is 1.08 bits per heavy atom. The van der Waals surface area contributed by atoms with Crippen molar-refractivity contribution in [2.75, 3.05) is 23.7 Å². The van der Waals surface area contributed by atoms with Crippen LogP contribution in [-0.4, -0.2) is 39.4 Å². The number of likely N-dealkylation sites (tertiary alicyclic amines) is 1. The minimum absolute atomic E-state index is 0.0773. The van der Waals surface area contributed by atoms with Gasteiger partial charge in [0, 0.05) is 24.5 Å². The van der Waals surface area contributed by atoms with Crippen LogP contribution in [0.5, 0.6) is 0 Å². The van der Waals surface area contributed by atoms with Crippen molar-refractivity contribution in [2.45, 2.75) is 38.8 Å². The fourth-order valence-electron chi connectivity index (χ4n) is 3.77. The van der Waals surface area contributed by atoms with E-state index in [4.69, 9.17) is 0 Å². The molecule has 3 heterocycles. The van der Waals surface area contributed by atoms with Crippen molar-refractivity contribution >= 4 is 17.3 Å². The SMILES string of the molecule is Cc1cc(C)nc(CN2CCC3(CC2)Nc2ccccc2NC3=O)n1. The smallest absolute Gasteiger partial charge is 0.250 e. The van der Waals surface area contributed by atoms with Crippen LogP contribution < -0.4 is 10.6 Å². The van der Waals surface area contributed by atoms with Gasteiger partial charge in [0.05, 0.1) is 17.9 Å². The molecule has 0 unspecified atom stereocenters. The van der Waals surface area contributed by atoms with Crippen LogP contribution in [0.4, 0.5) is 11.4 Å². The van der Waals surface area contributed by atoms with Gasteiger partial charge in [-0.2, -0.15) is 0 Å². The largest absolute Gasteiger partial charge is 0.369 e. The minimum atomic E-state index is -0.506. The van der Waals surface area contributed by atoms with Crippen molar-refractivity contribution in [1.29, 1.82) is 0 Å². The number of piperidine rings is 1. The number of aromatic nitrogens is 2. The molecule has 1 aromatic carbocycles. The van der Waals surface area contributed by atoms with E-state index in [1.165, 1.54) is 0 Å². The fraction of sp³-hybridized carbons (Fsp3) is 0.421. The first-order valence-corrected chi connectivity index (χ1v) is 8.76. The molecule has 4 rings (SSSR count). The molecule has 2 aliphatic heterocycles. The first-order valence-electron chi connectivity index (χ1n) is 8.76. The molecule has 0 saturated carbocycles. The van der Waals surface area contributed by atoms with Gasteiger partial charge in [-0.05, 0) is 44.9 Å². The van der Waals surface area contributed by atoms with E-state index in [9.17, 15) is 4.79 Å². The molecule has 0 radical (unpaired) electrons. The van der Waals surface area contributed by atoms with E-state index in [1.54, 1.807) is 0 Å². The lowest BCUT2D eigenvalue weighted by molar-refractivity contribution is -0.122. The Morgan fingerprint density at radius 3 is 2.40 bits per heavy atom. The number of para-hydroxylation sites is 2. The average Bonchev–Trinajstić information content (AvgIpc) is 2.57. The van der Waals surface area contributed by atoms with Crippen molar-refractivity contribution in [1.82, 2.24) is 14.9 Å². The van der Waals surface area contributed by atoms with Gasteiger partial charge < -0.3 is 10.6 Å².